The van der Waals surface area contributed by atoms with Crippen molar-refractivity contribution >= 4 is 11.5 Å². The molecule has 0 unspecified atom stereocenters. The van der Waals surface area contributed by atoms with Crippen LogP contribution in [0.3, 0.4) is 0 Å². The number of hydrogen-bond donors (Lipinski definition) is 1. The maximum atomic E-state index is 6.11. The summed E-state index contributed by atoms with van der Waals surface area (Å²) in [5.74, 6) is 0.555. The Morgan fingerprint density at radius 1 is 0.950 bits per heavy atom. The van der Waals surface area contributed by atoms with Crippen molar-refractivity contribution in [1.82, 2.24) is 0 Å². The van der Waals surface area contributed by atoms with Gasteiger partial charge in [-0.05, 0) is 29.5 Å². The number of benzene rings is 2. The summed E-state index contributed by atoms with van der Waals surface area (Å²) in [7, 11) is 0. The fourth-order valence-electron chi connectivity index (χ4n) is 2.02. The molecule has 2 N–H and O–H groups in total. The van der Waals surface area contributed by atoms with E-state index >= 15 is 0 Å². The lowest BCUT2D eigenvalue weighted by atomic mass is 9.86. The van der Waals surface area contributed by atoms with E-state index in [1.165, 1.54) is 5.56 Å². The number of amidine groups is 1. The molecule has 0 aliphatic rings. The van der Waals surface area contributed by atoms with Gasteiger partial charge in [0.1, 0.15) is 5.84 Å². The number of nitrogens with zero attached hydrogens (tertiary/aromatic N) is 1. The normalized spacial score (nSPS) is 12.5. The van der Waals surface area contributed by atoms with Gasteiger partial charge in [0.25, 0.3) is 0 Å². The molecule has 0 fully saturated rings. The molecule has 2 rings (SSSR count). The fraction of sp³-hybridized carbons (Fsp3) is 0.278. The third-order valence-electron chi connectivity index (χ3n) is 3.40. The second-order valence-electron chi connectivity index (χ2n) is 6.11. The molecular weight excluding hydrogens is 244 g/mol. The summed E-state index contributed by atoms with van der Waals surface area (Å²) in [6, 6.07) is 16.3. The molecule has 2 heteroatoms. The molecule has 2 aromatic rings. The maximum absolute atomic E-state index is 6.11. The summed E-state index contributed by atoms with van der Waals surface area (Å²) in [5.41, 5.74) is 10.6. The zero-order valence-corrected chi connectivity index (χ0v) is 12.6. The number of rotatable bonds is 2. The molecule has 2 nitrogen and oxygen atoms in total. The molecule has 104 valence electrons. The smallest absolute Gasteiger partial charge is 0.131 e. The minimum absolute atomic E-state index is 0.153. The molecule has 0 amide bonds. The molecule has 0 aromatic heterocycles. The molecule has 0 saturated heterocycles. The summed E-state index contributed by atoms with van der Waals surface area (Å²) in [6.45, 7) is 8.64. The first-order chi connectivity index (χ1) is 9.38. The van der Waals surface area contributed by atoms with Crippen molar-refractivity contribution in [2.75, 3.05) is 0 Å². The van der Waals surface area contributed by atoms with E-state index in [0.717, 1.165) is 16.8 Å². The lowest BCUT2D eigenvalue weighted by molar-refractivity contribution is 0.590. The van der Waals surface area contributed by atoms with Crippen molar-refractivity contribution in [2.45, 2.75) is 33.1 Å². The van der Waals surface area contributed by atoms with Gasteiger partial charge in [0.15, 0.2) is 0 Å². The molecule has 0 atom stereocenters. The number of aryl methyl sites for hydroxylation is 1. The van der Waals surface area contributed by atoms with Crippen LogP contribution in [0.1, 0.15) is 37.5 Å². The van der Waals surface area contributed by atoms with Gasteiger partial charge in [-0.1, -0.05) is 63.2 Å². The molecule has 2 aromatic carbocycles. The van der Waals surface area contributed by atoms with E-state index in [1.54, 1.807) is 0 Å². The number of para-hydroxylation sites is 1. The maximum Gasteiger partial charge on any atom is 0.131 e. The standard InChI is InChI=1S/C18H22N2/c1-13-7-5-6-8-16(13)20-17(19)14-9-11-15(12-10-14)18(2,3)4/h5-12H,1-4H3,(H2,19,20). The Balaban J connectivity index is 2.30. The Morgan fingerprint density at radius 3 is 2.10 bits per heavy atom. The molecular formula is C18H22N2. The topological polar surface area (TPSA) is 38.4 Å². The summed E-state index contributed by atoms with van der Waals surface area (Å²) in [4.78, 5) is 4.52. The molecule has 0 saturated carbocycles. The number of hydrogen-bond acceptors (Lipinski definition) is 1. The van der Waals surface area contributed by atoms with Gasteiger partial charge in [-0.3, -0.25) is 0 Å². The van der Waals surface area contributed by atoms with E-state index in [4.69, 9.17) is 5.73 Å². The molecule has 0 aliphatic heterocycles. The lowest BCUT2D eigenvalue weighted by Gasteiger charge is -2.19. The predicted octanol–water partition coefficient (Wildman–Crippen LogP) is 4.33. The van der Waals surface area contributed by atoms with Crippen molar-refractivity contribution in [3.05, 3.63) is 65.2 Å². The van der Waals surface area contributed by atoms with Crippen LogP contribution in [0.5, 0.6) is 0 Å². The Morgan fingerprint density at radius 2 is 1.55 bits per heavy atom. The zero-order chi connectivity index (χ0) is 14.8. The van der Waals surface area contributed by atoms with Crippen LogP contribution in [0.4, 0.5) is 5.69 Å². The first kappa shape index (κ1) is 14.3. The highest BCUT2D eigenvalue weighted by Gasteiger charge is 2.13. The lowest BCUT2D eigenvalue weighted by Crippen LogP contribution is -2.15. The quantitative estimate of drug-likeness (QED) is 0.637. The molecule has 0 spiro atoms. The first-order valence-electron chi connectivity index (χ1n) is 6.88. The van der Waals surface area contributed by atoms with Crippen LogP contribution < -0.4 is 5.73 Å². The van der Waals surface area contributed by atoms with E-state index in [0.29, 0.717) is 5.84 Å². The van der Waals surface area contributed by atoms with Crippen LogP contribution in [0.25, 0.3) is 0 Å². The summed E-state index contributed by atoms with van der Waals surface area (Å²) < 4.78 is 0. The largest absolute Gasteiger partial charge is 0.383 e. The molecule has 0 aliphatic carbocycles. The Kier molecular flexibility index (Phi) is 3.93. The van der Waals surface area contributed by atoms with E-state index in [-0.39, 0.29) is 5.41 Å². The molecule has 0 heterocycles. The van der Waals surface area contributed by atoms with Gasteiger partial charge in [0.2, 0.25) is 0 Å². The molecule has 0 bridgehead atoms. The average molecular weight is 266 g/mol. The zero-order valence-electron chi connectivity index (χ0n) is 12.6. The van der Waals surface area contributed by atoms with E-state index in [9.17, 15) is 0 Å². The number of aliphatic imine (C=N–C) groups is 1. The van der Waals surface area contributed by atoms with Crippen molar-refractivity contribution < 1.29 is 0 Å². The summed E-state index contributed by atoms with van der Waals surface area (Å²) >= 11 is 0. The SMILES string of the molecule is Cc1ccccc1N=C(N)c1ccc(C(C)(C)C)cc1. The van der Waals surface area contributed by atoms with Crippen LogP contribution in [0.2, 0.25) is 0 Å². The van der Waals surface area contributed by atoms with E-state index in [1.807, 2.05) is 43.3 Å². The average Bonchev–Trinajstić information content (AvgIpc) is 2.40. The minimum Gasteiger partial charge on any atom is -0.383 e. The Hall–Kier alpha value is -2.09. The third-order valence-corrected chi connectivity index (χ3v) is 3.40. The van der Waals surface area contributed by atoms with Gasteiger partial charge < -0.3 is 5.73 Å². The van der Waals surface area contributed by atoms with Crippen LogP contribution in [-0.4, -0.2) is 5.84 Å². The first-order valence-corrected chi connectivity index (χ1v) is 6.88. The third kappa shape index (κ3) is 3.27. The van der Waals surface area contributed by atoms with Gasteiger partial charge in [-0.15, -0.1) is 0 Å². The van der Waals surface area contributed by atoms with E-state index in [2.05, 4.69) is 37.9 Å². The predicted molar refractivity (Wildman–Crippen MR) is 86.7 cm³/mol. The van der Waals surface area contributed by atoms with Crippen LogP contribution >= 0.6 is 0 Å². The monoisotopic (exact) mass is 266 g/mol. The highest BCUT2D eigenvalue weighted by atomic mass is 14.9. The van der Waals surface area contributed by atoms with Crippen molar-refractivity contribution in [3.8, 4) is 0 Å². The minimum atomic E-state index is 0.153. The van der Waals surface area contributed by atoms with Gasteiger partial charge in [-0.25, -0.2) is 4.99 Å². The second kappa shape index (κ2) is 5.49. The highest BCUT2D eigenvalue weighted by Crippen LogP contribution is 2.23. The number of nitrogens with two attached hydrogens (primary N) is 1. The van der Waals surface area contributed by atoms with Gasteiger partial charge >= 0.3 is 0 Å². The Labute approximate surface area is 121 Å². The van der Waals surface area contributed by atoms with Crippen LogP contribution in [-0.2, 0) is 5.41 Å². The van der Waals surface area contributed by atoms with Crippen molar-refractivity contribution in [1.29, 1.82) is 0 Å². The van der Waals surface area contributed by atoms with Crippen LogP contribution in [0.15, 0.2) is 53.5 Å². The highest BCUT2D eigenvalue weighted by molar-refractivity contribution is 5.99. The van der Waals surface area contributed by atoms with Crippen molar-refractivity contribution in [3.63, 3.8) is 0 Å². The molecule has 20 heavy (non-hydrogen) atoms. The second-order valence-corrected chi connectivity index (χ2v) is 6.11. The fourth-order valence-corrected chi connectivity index (χ4v) is 2.02. The van der Waals surface area contributed by atoms with E-state index < -0.39 is 0 Å². The van der Waals surface area contributed by atoms with Gasteiger partial charge in [-0.2, -0.15) is 0 Å². The summed E-state index contributed by atoms with van der Waals surface area (Å²) in [5, 5.41) is 0. The summed E-state index contributed by atoms with van der Waals surface area (Å²) in [6.07, 6.45) is 0. The van der Waals surface area contributed by atoms with Gasteiger partial charge in [0, 0.05) is 5.56 Å². The van der Waals surface area contributed by atoms with Crippen LogP contribution in [0, 0.1) is 6.92 Å². The Bertz CT molecular complexity index is 617. The molecule has 0 radical (unpaired) electrons. The van der Waals surface area contributed by atoms with Crippen molar-refractivity contribution in [2.24, 2.45) is 10.7 Å². The van der Waals surface area contributed by atoms with Gasteiger partial charge in [0.05, 0.1) is 5.69 Å².